The van der Waals surface area contributed by atoms with Gasteiger partial charge in [-0.15, -0.1) is 12.4 Å². The second-order valence-corrected chi connectivity index (χ2v) is 5.38. The van der Waals surface area contributed by atoms with Gasteiger partial charge in [0.2, 0.25) is 10.0 Å². The SMILES string of the molecule is Cc1ccc(S(=O)(=O)N[C@H](C)CN)cc1F.Cl. The molecular weight excluding hydrogens is 267 g/mol. The summed E-state index contributed by atoms with van der Waals surface area (Å²) < 4.78 is 39.0. The highest BCUT2D eigenvalue weighted by Crippen LogP contribution is 2.14. The van der Waals surface area contributed by atoms with Crippen LogP contribution in [0.4, 0.5) is 4.39 Å². The summed E-state index contributed by atoms with van der Waals surface area (Å²) in [6, 6.07) is 3.41. The van der Waals surface area contributed by atoms with Gasteiger partial charge in [-0.2, -0.15) is 0 Å². The van der Waals surface area contributed by atoms with E-state index in [4.69, 9.17) is 5.73 Å². The quantitative estimate of drug-likeness (QED) is 0.871. The summed E-state index contributed by atoms with van der Waals surface area (Å²) in [5.41, 5.74) is 5.72. The number of rotatable bonds is 4. The fourth-order valence-corrected chi connectivity index (χ4v) is 2.39. The predicted molar refractivity (Wildman–Crippen MR) is 67.2 cm³/mol. The number of hydrogen-bond donors (Lipinski definition) is 2. The first-order valence-electron chi connectivity index (χ1n) is 4.85. The lowest BCUT2D eigenvalue weighted by Crippen LogP contribution is -2.37. The van der Waals surface area contributed by atoms with Gasteiger partial charge in [-0.1, -0.05) is 6.07 Å². The molecule has 0 aromatic heterocycles. The van der Waals surface area contributed by atoms with Crippen molar-refractivity contribution in [1.82, 2.24) is 4.72 Å². The smallest absolute Gasteiger partial charge is 0.240 e. The van der Waals surface area contributed by atoms with Crippen molar-refractivity contribution in [2.75, 3.05) is 6.54 Å². The molecule has 0 spiro atoms. The molecule has 1 atom stereocenters. The molecule has 0 fully saturated rings. The first-order valence-corrected chi connectivity index (χ1v) is 6.33. The van der Waals surface area contributed by atoms with E-state index in [0.29, 0.717) is 5.56 Å². The van der Waals surface area contributed by atoms with Gasteiger partial charge in [-0.25, -0.2) is 17.5 Å². The van der Waals surface area contributed by atoms with Gasteiger partial charge in [0.25, 0.3) is 0 Å². The molecule has 0 saturated carbocycles. The van der Waals surface area contributed by atoms with Crippen LogP contribution in [0, 0.1) is 12.7 Å². The van der Waals surface area contributed by atoms with Crippen LogP contribution in [0.1, 0.15) is 12.5 Å². The van der Waals surface area contributed by atoms with Crippen molar-refractivity contribution < 1.29 is 12.8 Å². The fraction of sp³-hybridized carbons (Fsp3) is 0.400. The van der Waals surface area contributed by atoms with E-state index in [1.165, 1.54) is 12.1 Å². The minimum absolute atomic E-state index is 0. The summed E-state index contributed by atoms with van der Waals surface area (Å²) in [5.74, 6) is -0.539. The number of nitrogens with one attached hydrogen (secondary N) is 1. The minimum atomic E-state index is -3.68. The van der Waals surface area contributed by atoms with E-state index in [-0.39, 0.29) is 29.9 Å². The molecule has 1 rings (SSSR count). The molecule has 1 aromatic carbocycles. The molecule has 0 radical (unpaired) electrons. The van der Waals surface area contributed by atoms with Crippen molar-refractivity contribution in [1.29, 1.82) is 0 Å². The van der Waals surface area contributed by atoms with E-state index in [2.05, 4.69) is 4.72 Å². The zero-order valence-corrected chi connectivity index (χ0v) is 11.2. The minimum Gasteiger partial charge on any atom is -0.329 e. The van der Waals surface area contributed by atoms with Crippen LogP contribution in [-0.2, 0) is 10.0 Å². The molecule has 0 unspecified atom stereocenters. The Hall–Kier alpha value is -0.690. The van der Waals surface area contributed by atoms with Gasteiger partial charge in [0.1, 0.15) is 5.82 Å². The van der Waals surface area contributed by atoms with E-state index in [1.54, 1.807) is 13.8 Å². The van der Waals surface area contributed by atoms with E-state index in [9.17, 15) is 12.8 Å². The molecule has 3 N–H and O–H groups in total. The van der Waals surface area contributed by atoms with Crippen LogP contribution in [0.5, 0.6) is 0 Å². The van der Waals surface area contributed by atoms with Crippen LogP contribution in [0.3, 0.4) is 0 Å². The van der Waals surface area contributed by atoms with E-state index < -0.39 is 15.8 Å². The summed E-state index contributed by atoms with van der Waals surface area (Å²) in [5, 5.41) is 0. The first-order chi connectivity index (χ1) is 7.36. The van der Waals surface area contributed by atoms with Crippen LogP contribution >= 0.6 is 12.4 Å². The van der Waals surface area contributed by atoms with E-state index in [0.717, 1.165) is 6.07 Å². The van der Waals surface area contributed by atoms with Gasteiger partial charge in [0, 0.05) is 12.6 Å². The highest BCUT2D eigenvalue weighted by molar-refractivity contribution is 7.89. The molecule has 0 heterocycles. The monoisotopic (exact) mass is 282 g/mol. The fourth-order valence-electron chi connectivity index (χ4n) is 1.12. The lowest BCUT2D eigenvalue weighted by molar-refractivity contribution is 0.559. The molecule has 17 heavy (non-hydrogen) atoms. The van der Waals surface area contributed by atoms with Gasteiger partial charge >= 0.3 is 0 Å². The molecule has 7 heteroatoms. The Labute approximate surface area is 107 Å². The third kappa shape index (κ3) is 4.23. The largest absolute Gasteiger partial charge is 0.329 e. The van der Waals surface area contributed by atoms with E-state index in [1.807, 2.05) is 0 Å². The first kappa shape index (κ1) is 16.3. The molecule has 0 saturated heterocycles. The van der Waals surface area contributed by atoms with Crippen molar-refractivity contribution in [2.45, 2.75) is 24.8 Å². The highest BCUT2D eigenvalue weighted by Gasteiger charge is 2.17. The zero-order chi connectivity index (χ0) is 12.3. The Morgan fingerprint density at radius 3 is 2.53 bits per heavy atom. The van der Waals surface area contributed by atoms with Gasteiger partial charge in [-0.3, -0.25) is 0 Å². The number of aryl methyl sites for hydroxylation is 1. The summed E-state index contributed by atoms with van der Waals surface area (Å²) in [7, 11) is -3.68. The predicted octanol–water partition coefficient (Wildman–Crippen LogP) is 1.18. The lowest BCUT2D eigenvalue weighted by Gasteiger charge is -2.12. The number of sulfonamides is 1. The van der Waals surface area contributed by atoms with Crippen molar-refractivity contribution in [2.24, 2.45) is 5.73 Å². The summed E-state index contributed by atoms with van der Waals surface area (Å²) >= 11 is 0. The third-order valence-electron chi connectivity index (χ3n) is 2.16. The molecule has 0 aliphatic heterocycles. The van der Waals surface area contributed by atoms with Gasteiger partial charge in [0.05, 0.1) is 4.90 Å². The number of halogens is 2. The Kier molecular flexibility index (Phi) is 6.04. The van der Waals surface area contributed by atoms with Crippen LogP contribution in [0.25, 0.3) is 0 Å². The normalized spacial score (nSPS) is 12.9. The van der Waals surface area contributed by atoms with Crippen molar-refractivity contribution in [3.63, 3.8) is 0 Å². The second kappa shape index (κ2) is 6.30. The zero-order valence-electron chi connectivity index (χ0n) is 9.60. The van der Waals surface area contributed by atoms with Crippen LogP contribution < -0.4 is 10.5 Å². The second-order valence-electron chi connectivity index (χ2n) is 3.67. The average molecular weight is 283 g/mol. The maximum absolute atomic E-state index is 13.2. The van der Waals surface area contributed by atoms with Gasteiger partial charge in [0.15, 0.2) is 0 Å². The molecule has 0 amide bonds. The Balaban J connectivity index is 0.00000256. The summed E-state index contributed by atoms with van der Waals surface area (Å²) in [6.07, 6.45) is 0. The molecule has 0 aliphatic carbocycles. The summed E-state index contributed by atoms with van der Waals surface area (Å²) in [6.45, 7) is 3.40. The van der Waals surface area contributed by atoms with E-state index >= 15 is 0 Å². The molecule has 0 bridgehead atoms. The topological polar surface area (TPSA) is 72.2 Å². The maximum Gasteiger partial charge on any atom is 0.240 e. The Morgan fingerprint density at radius 1 is 1.47 bits per heavy atom. The Morgan fingerprint density at radius 2 is 2.06 bits per heavy atom. The molecule has 4 nitrogen and oxygen atoms in total. The average Bonchev–Trinajstić information content (AvgIpc) is 2.21. The molecule has 1 aromatic rings. The number of benzene rings is 1. The molecular formula is C10H16ClFN2O2S. The summed E-state index contributed by atoms with van der Waals surface area (Å²) in [4.78, 5) is -0.0871. The van der Waals surface area contributed by atoms with Crippen molar-refractivity contribution in [3.8, 4) is 0 Å². The van der Waals surface area contributed by atoms with Gasteiger partial charge < -0.3 is 5.73 Å². The highest BCUT2D eigenvalue weighted by atomic mass is 35.5. The maximum atomic E-state index is 13.2. The van der Waals surface area contributed by atoms with Crippen LogP contribution in [-0.4, -0.2) is 21.0 Å². The van der Waals surface area contributed by atoms with Crippen LogP contribution in [0.15, 0.2) is 23.1 Å². The number of hydrogen-bond acceptors (Lipinski definition) is 3. The van der Waals surface area contributed by atoms with Crippen LogP contribution in [0.2, 0.25) is 0 Å². The number of nitrogens with two attached hydrogens (primary N) is 1. The third-order valence-corrected chi connectivity index (χ3v) is 3.75. The van der Waals surface area contributed by atoms with Gasteiger partial charge in [-0.05, 0) is 31.5 Å². The van der Waals surface area contributed by atoms with Crippen molar-refractivity contribution in [3.05, 3.63) is 29.6 Å². The molecule has 0 aliphatic rings. The van der Waals surface area contributed by atoms with Crippen molar-refractivity contribution >= 4 is 22.4 Å². The molecule has 98 valence electrons. The standard InChI is InChI=1S/C10H15FN2O2S.ClH/c1-7-3-4-9(5-10(7)11)16(14,15)13-8(2)6-12;/h3-5,8,13H,6,12H2,1-2H3;1H/t8-;/m1./s1. The Bertz CT molecular complexity index is 479. The lowest BCUT2D eigenvalue weighted by atomic mass is 10.2.